The van der Waals surface area contributed by atoms with E-state index in [1.165, 1.54) is 4.70 Å². The lowest BCUT2D eigenvalue weighted by atomic mass is 10.1. The molecular formula is C21H30N4O2S. The van der Waals surface area contributed by atoms with Gasteiger partial charge in [0.2, 0.25) is 11.8 Å². The van der Waals surface area contributed by atoms with Crippen LogP contribution < -0.4 is 10.6 Å². The maximum absolute atomic E-state index is 12.4. The molecule has 0 bridgehead atoms. The zero-order valence-corrected chi connectivity index (χ0v) is 17.4. The first-order valence-corrected chi connectivity index (χ1v) is 10.9. The molecule has 2 heterocycles. The zero-order chi connectivity index (χ0) is 19.8. The van der Waals surface area contributed by atoms with Crippen molar-refractivity contribution in [3.05, 3.63) is 30.3 Å². The Hall–Kier alpha value is -1.96. The number of benzene rings is 1. The van der Waals surface area contributed by atoms with E-state index in [2.05, 4.69) is 27.7 Å². The van der Waals surface area contributed by atoms with Gasteiger partial charge in [-0.05, 0) is 44.0 Å². The molecule has 2 aromatic rings. The number of nitrogens with zero attached hydrogens (tertiary/aromatic N) is 2. The summed E-state index contributed by atoms with van der Waals surface area (Å²) in [6, 6.07) is 10.1. The van der Waals surface area contributed by atoms with Crippen LogP contribution in [0.3, 0.4) is 0 Å². The van der Waals surface area contributed by atoms with Crippen molar-refractivity contribution in [1.82, 2.24) is 15.1 Å². The van der Waals surface area contributed by atoms with Crippen LogP contribution in [0.15, 0.2) is 30.3 Å². The minimum atomic E-state index is 0.0101. The molecular weight excluding hydrogens is 372 g/mol. The van der Waals surface area contributed by atoms with Crippen molar-refractivity contribution in [3.8, 4) is 0 Å². The Kier molecular flexibility index (Phi) is 7.82. The fraction of sp³-hybridized carbons (Fsp3) is 0.524. The summed E-state index contributed by atoms with van der Waals surface area (Å²) in [5, 5.41) is 8.18. The molecule has 0 radical (unpaired) electrons. The predicted octanol–water partition coefficient (Wildman–Crippen LogP) is 2.76. The number of hydrogen-bond acceptors (Lipinski definition) is 5. The van der Waals surface area contributed by atoms with Gasteiger partial charge in [0.25, 0.3) is 0 Å². The molecule has 0 spiro atoms. The number of piperazine rings is 1. The van der Waals surface area contributed by atoms with Crippen molar-refractivity contribution in [2.45, 2.75) is 25.7 Å². The van der Waals surface area contributed by atoms with E-state index in [4.69, 9.17) is 0 Å². The molecule has 0 unspecified atom stereocenters. The molecule has 1 saturated heterocycles. The van der Waals surface area contributed by atoms with Gasteiger partial charge in [0.1, 0.15) is 0 Å². The van der Waals surface area contributed by atoms with Gasteiger partial charge in [0.15, 0.2) is 0 Å². The second-order valence-corrected chi connectivity index (χ2v) is 8.35. The fourth-order valence-electron chi connectivity index (χ4n) is 3.49. The van der Waals surface area contributed by atoms with E-state index in [9.17, 15) is 9.59 Å². The highest BCUT2D eigenvalue weighted by Crippen LogP contribution is 2.29. The molecule has 28 heavy (non-hydrogen) atoms. The number of anilines is 1. The van der Waals surface area contributed by atoms with Crippen LogP contribution in [0.4, 0.5) is 5.00 Å². The Bertz CT molecular complexity index is 751. The summed E-state index contributed by atoms with van der Waals surface area (Å²) in [7, 11) is 1.95. The Morgan fingerprint density at radius 1 is 1.07 bits per heavy atom. The van der Waals surface area contributed by atoms with Gasteiger partial charge in [-0.2, -0.15) is 0 Å². The molecule has 2 N–H and O–H groups in total. The maximum atomic E-state index is 12.4. The number of rotatable bonds is 9. The van der Waals surface area contributed by atoms with Gasteiger partial charge < -0.3 is 15.5 Å². The zero-order valence-electron chi connectivity index (χ0n) is 16.6. The number of hydrogen-bond donors (Lipinski definition) is 2. The van der Waals surface area contributed by atoms with Crippen LogP contribution in [0, 0.1) is 0 Å². The van der Waals surface area contributed by atoms with Gasteiger partial charge in [-0.3, -0.25) is 14.5 Å². The van der Waals surface area contributed by atoms with Crippen LogP contribution in [0.2, 0.25) is 0 Å². The summed E-state index contributed by atoms with van der Waals surface area (Å²) >= 11 is 1.60. The summed E-state index contributed by atoms with van der Waals surface area (Å²) in [6.45, 7) is 4.32. The molecule has 7 heteroatoms. The minimum absolute atomic E-state index is 0.0101. The summed E-state index contributed by atoms with van der Waals surface area (Å²) in [6.07, 6.45) is 3.80. The van der Waals surface area contributed by atoms with Crippen LogP contribution in [0.1, 0.15) is 25.7 Å². The number of amides is 2. The van der Waals surface area contributed by atoms with Crippen molar-refractivity contribution in [2.75, 3.05) is 51.6 Å². The molecule has 0 saturated carbocycles. The first kappa shape index (κ1) is 20.8. The first-order valence-electron chi connectivity index (χ1n) is 10.1. The Morgan fingerprint density at radius 2 is 1.86 bits per heavy atom. The second-order valence-electron chi connectivity index (χ2n) is 7.27. The van der Waals surface area contributed by atoms with E-state index in [-0.39, 0.29) is 11.8 Å². The third-order valence-corrected chi connectivity index (χ3v) is 6.13. The van der Waals surface area contributed by atoms with Gasteiger partial charge in [-0.1, -0.05) is 24.6 Å². The molecule has 6 nitrogen and oxygen atoms in total. The predicted molar refractivity (Wildman–Crippen MR) is 116 cm³/mol. The molecule has 1 aliphatic heterocycles. The number of fused-ring (bicyclic) bond motifs is 1. The van der Waals surface area contributed by atoms with Crippen molar-refractivity contribution in [2.24, 2.45) is 0 Å². The van der Waals surface area contributed by atoms with E-state index >= 15 is 0 Å². The second kappa shape index (κ2) is 10.5. The minimum Gasteiger partial charge on any atom is -0.340 e. The van der Waals surface area contributed by atoms with Gasteiger partial charge >= 0.3 is 0 Å². The molecule has 0 atom stereocenters. The van der Waals surface area contributed by atoms with Gasteiger partial charge in [-0.15, -0.1) is 11.3 Å². The highest BCUT2D eigenvalue weighted by atomic mass is 32.1. The summed E-state index contributed by atoms with van der Waals surface area (Å²) < 4.78 is 1.18. The van der Waals surface area contributed by atoms with Crippen LogP contribution in [-0.2, 0) is 9.59 Å². The summed E-state index contributed by atoms with van der Waals surface area (Å²) in [5.74, 6) is 0.259. The Morgan fingerprint density at radius 3 is 2.61 bits per heavy atom. The van der Waals surface area contributed by atoms with Crippen molar-refractivity contribution in [3.63, 3.8) is 0 Å². The highest BCUT2D eigenvalue weighted by molar-refractivity contribution is 7.22. The fourth-order valence-corrected chi connectivity index (χ4v) is 4.47. The third-order valence-electron chi connectivity index (χ3n) is 5.10. The van der Waals surface area contributed by atoms with Crippen molar-refractivity contribution in [1.29, 1.82) is 0 Å². The van der Waals surface area contributed by atoms with E-state index in [0.29, 0.717) is 26.1 Å². The molecule has 3 rings (SSSR count). The quantitative estimate of drug-likeness (QED) is 0.633. The average Bonchev–Trinajstić information content (AvgIpc) is 3.10. The van der Waals surface area contributed by atoms with E-state index in [1.54, 1.807) is 11.3 Å². The molecule has 1 aromatic carbocycles. The Balaban J connectivity index is 1.36. The molecule has 0 aliphatic carbocycles. The monoisotopic (exact) mass is 402 g/mol. The van der Waals surface area contributed by atoms with E-state index in [0.717, 1.165) is 49.3 Å². The van der Waals surface area contributed by atoms with Crippen molar-refractivity contribution < 1.29 is 9.59 Å². The van der Waals surface area contributed by atoms with Crippen LogP contribution in [0.5, 0.6) is 0 Å². The van der Waals surface area contributed by atoms with Gasteiger partial charge in [0.05, 0.1) is 11.5 Å². The molecule has 1 aromatic heterocycles. The van der Waals surface area contributed by atoms with Crippen LogP contribution in [0.25, 0.3) is 10.1 Å². The van der Waals surface area contributed by atoms with Crippen LogP contribution in [-0.4, -0.2) is 67.9 Å². The standard InChI is InChI=1S/C21H30N4O2S/c1-22-10-6-2-3-9-21(27)25-13-11-24(12-14-25)16-19(26)23-20-15-17-7-4-5-8-18(17)28-20/h4-5,7-8,15,22H,2-3,6,9-14,16H2,1H3,(H,23,26). The smallest absolute Gasteiger partial charge is 0.239 e. The first-order chi connectivity index (χ1) is 13.7. The topological polar surface area (TPSA) is 64.7 Å². The normalized spacial score (nSPS) is 15.1. The van der Waals surface area contributed by atoms with E-state index < -0.39 is 0 Å². The Labute approximate surface area is 170 Å². The number of nitrogens with one attached hydrogen (secondary N) is 2. The van der Waals surface area contributed by atoms with Gasteiger partial charge in [-0.25, -0.2) is 0 Å². The number of thiophene rings is 1. The molecule has 152 valence electrons. The van der Waals surface area contributed by atoms with E-state index in [1.807, 2.05) is 30.1 Å². The lowest BCUT2D eigenvalue weighted by Gasteiger charge is -2.34. The largest absolute Gasteiger partial charge is 0.340 e. The lowest BCUT2D eigenvalue weighted by Crippen LogP contribution is -2.50. The summed E-state index contributed by atoms with van der Waals surface area (Å²) in [4.78, 5) is 28.7. The SMILES string of the molecule is CNCCCCCC(=O)N1CCN(CC(=O)Nc2cc3ccccc3s2)CC1. The maximum Gasteiger partial charge on any atom is 0.239 e. The molecule has 1 aliphatic rings. The third kappa shape index (κ3) is 6.02. The number of carbonyl (C=O) groups is 2. The van der Waals surface area contributed by atoms with Gasteiger partial charge in [0, 0.05) is 37.3 Å². The van der Waals surface area contributed by atoms with Crippen LogP contribution >= 0.6 is 11.3 Å². The van der Waals surface area contributed by atoms with Crippen molar-refractivity contribution >= 4 is 38.2 Å². The summed E-state index contributed by atoms with van der Waals surface area (Å²) in [5.41, 5.74) is 0. The average molecular weight is 403 g/mol. The number of carbonyl (C=O) groups excluding carboxylic acids is 2. The number of unbranched alkanes of at least 4 members (excludes halogenated alkanes) is 2. The lowest BCUT2D eigenvalue weighted by molar-refractivity contribution is -0.133. The molecule has 1 fully saturated rings. The molecule has 2 amide bonds. The highest BCUT2D eigenvalue weighted by Gasteiger charge is 2.22.